The summed E-state index contributed by atoms with van der Waals surface area (Å²) >= 11 is 0. The van der Waals surface area contributed by atoms with Crippen LogP contribution in [0.2, 0.25) is 0 Å². The lowest BCUT2D eigenvalue weighted by Crippen LogP contribution is -2.38. The summed E-state index contributed by atoms with van der Waals surface area (Å²) in [6, 6.07) is 17.1. The van der Waals surface area contributed by atoms with Crippen LogP contribution in [0.1, 0.15) is 34.7 Å². The van der Waals surface area contributed by atoms with Crippen molar-refractivity contribution >= 4 is 21.6 Å². The number of carbonyl (C=O) groups excluding carboxylic acids is 1. The normalized spacial score (nSPS) is 15.8. The zero-order valence-corrected chi connectivity index (χ0v) is 15.0. The third-order valence-electron chi connectivity index (χ3n) is 4.51. The van der Waals surface area contributed by atoms with Crippen molar-refractivity contribution in [3.8, 4) is 0 Å². The van der Waals surface area contributed by atoms with Gasteiger partial charge in [-0.15, -0.1) is 0 Å². The van der Waals surface area contributed by atoms with E-state index in [2.05, 4.69) is 16.9 Å². The molecule has 0 spiro atoms. The maximum atomic E-state index is 12.8. The van der Waals surface area contributed by atoms with Crippen molar-refractivity contribution in [2.24, 2.45) is 0 Å². The molecule has 0 saturated carbocycles. The van der Waals surface area contributed by atoms with E-state index in [-0.39, 0.29) is 5.91 Å². The summed E-state index contributed by atoms with van der Waals surface area (Å²) in [6.45, 7) is 1.34. The number of para-hydroxylation sites is 1. The van der Waals surface area contributed by atoms with Gasteiger partial charge in [0.2, 0.25) is 10.0 Å². The minimum atomic E-state index is -3.43. The summed E-state index contributed by atoms with van der Waals surface area (Å²) in [7, 11) is -3.43. The van der Waals surface area contributed by atoms with Crippen molar-refractivity contribution < 1.29 is 13.2 Å². The van der Waals surface area contributed by atoms with Crippen LogP contribution in [-0.2, 0) is 10.0 Å². The average Bonchev–Trinajstić information content (AvgIpc) is 2.61. The van der Waals surface area contributed by atoms with Crippen molar-refractivity contribution in [1.82, 2.24) is 4.90 Å². The summed E-state index contributed by atoms with van der Waals surface area (Å²) in [5, 5.41) is 0. The Kier molecular flexibility index (Phi) is 5.08. The molecule has 0 radical (unpaired) electrons. The Morgan fingerprint density at radius 2 is 1.60 bits per heavy atom. The number of nitrogens with one attached hydrogen (secondary N) is 1. The van der Waals surface area contributed by atoms with Gasteiger partial charge in [0.1, 0.15) is 0 Å². The molecular formula is C19H22N2O3S. The van der Waals surface area contributed by atoms with E-state index in [9.17, 15) is 13.2 Å². The van der Waals surface area contributed by atoms with E-state index in [1.165, 1.54) is 5.56 Å². The number of rotatable bonds is 4. The second kappa shape index (κ2) is 7.27. The van der Waals surface area contributed by atoms with Gasteiger partial charge in [-0.1, -0.05) is 42.5 Å². The van der Waals surface area contributed by atoms with Gasteiger partial charge in [0, 0.05) is 13.1 Å². The number of amides is 1. The number of hydrogen-bond acceptors (Lipinski definition) is 3. The van der Waals surface area contributed by atoms with Crippen LogP contribution in [0.5, 0.6) is 0 Å². The second-order valence-electron chi connectivity index (χ2n) is 6.40. The van der Waals surface area contributed by atoms with Crippen LogP contribution < -0.4 is 4.72 Å². The Morgan fingerprint density at radius 1 is 1.00 bits per heavy atom. The first-order chi connectivity index (χ1) is 11.9. The molecule has 2 aromatic carbocycles. The third-order valence-corrected chi connectivity index (χ3v) is 5.10. The Hall–Kier alpha value is -2.34. The monoisotopic (exact) mass is 358 g/mol. The van der Waals surface area contributed by atoms with Gasteiger partial charge in [0.05, 0.1) is 17.5 Å². The van der Waals surface area contributed by atoms with Gasteiger partial charge in [-0.05, 0) is 36.5 Å². The molecule has 5 nitrogen and oxygen atoms in total. The maximum absolute atomic E-state index is 12.8. The predicted octanol–water partition coefficient (Wildman–Crippen LogP) is 3.08. The highest BCUT2D eigenvalue weighted by Gasteiger charge is 2.26. The number of sulfonamides is 1. The van der Waals surface area contributed by atoms with E-state index in [1.807, 2.05) is 23.1 Å². The molecule has 0 aromatic heterocycles. The van der Waals surface area contributed by atoms with Gasteiger partial charge >= 0.3 is 0 Å². The van der Waals surface area contributed by atoms with E-state index >= 15 is 0 Å². The molecule has 1 fully saturated rings. The Balaban J connectivity index is 1.71. The molecule has 1 amide bonds. The number of nitrogens with zero attached hydrogens (tertiary/aromatic N) is 1. The zero-order chi connectivity index (χ0) is 17.9. The maximum Gasteiger partial charge on any atom is 0.255 e. The van der Waals surface area contributed by atoms with E-state index in [0.29, 0.717) is 30.3 Å². The molecule has 1 aliphatic heterocycles. The van der Waals surface area contributed by atoms with Gasteiger partial charge in [-0.3, -0.25) is 9.52 Å². The highest BCUT2D eigenvalue weighted by atomic mass is 32.2. The molecule has 2 aromatic rings. The average molecular weight is 358 g/mol. The largest absolute Gasteiger partial charge is 0.339 e. The van der Waals surface area contributed by atoms with Gasteiger partial charge in [-0.2, -0.15) is 0 Å². The first-order valence-electron chi connectivity index (χ1n) is 8.35. The smallest absolute Gasteiger partial charge is 0.255 e. The van der Waals surface area contributed by atoms with Gasteiger partial charge in [0.15, 0.2) is 0 Å². The van der Waals surface area contributed by atoms with Crippen molar-refractivity contribution in [2.45, 2.75) is 18.8 Å². The molecule has 0 aliphatic carbocycles. The fraction of sp³-hybridized carbons (Fsp3) is 0.316. The van der Waals surface area contributed by atoms with Crippen LogP contribution in [0.4, 0.5) is 5.69 Å². The van der Waals surface area contributed by atoms with Crippen molar-refractivity contribution in [1.29, 1.82) is 0 Å². The van der Waals surface area contributed by atoms with Crippen LogP contribution in [0.25, 0.3) is 0 Å². The summed E-state index contributed by atoms with van der Waals surface area (Å²) in [4.78, 5) is 14.6. The molecule has 1 heterocycles. The lowest BCUT2D eigenvalue weighted by molar-refractivity contribution is 0.0714. The molecule has 0 unspecified atom stereocenters. The Bertz CT molecular complexity index is 842. The lowest BCUT2D eigenvalue weighted by atomic mass is 9.89. The van der Waals surface area contributed by atoms with Crippen LogP contribution in [-0.4, -0.2) is 38.6 Å². The van der Waals surface area contributed by atoms with Crippen LogP contribution in [0.15, 0.2) is 54.6 Å². The second-order valence-corrected chi connectivity index (χ2v) is 8.15. The van der Waals surface area contributed by atoms with Gasteiger partial charge in [-0.25, -0.2) is 8.42 Å². The molecule has 3 rings (SSSR count). The summed E-state index contributed by atoms with van der Waals surface area (Å²) in [5.41, 5.74) is 2.04. The molecule has 1 N–H and O–H groups in total. The van der Waals surface area contributed by atoms with Crippen LogP contribution in [0, 0.1) is 0 Å². The first-order valence-corrected chi connectivity index (χ1v) is 10.2. The molecule has 1 saturated heterocycles. The third kappa shape index (κ3) is 4.39. The number of likely N-dealkylation sites (tertiary alicyclic amines) is 1. The summed E-state index contributed by atoms with van der Waals surface area (Å²) < 4.78 is 25.5. The minimum Gasteiger partial charge on any atom is -0.339 e. The molecule has 1 aliphatic rings. The molecule has 25 heavy (non-hydrogen) atoms. The Labute approximate surface area is 148 Å². The van der Waals surface area contributed by atoms with Crippen molar-refractivity contribution in [3.05, 3.63) is 65.7 Å². The number of benzene rings is 2. The lowest BCUT2D eigenvalue weighted by Gasteiger charge is -2.32. The number of carbonyl (C=O) groups is 1. The van der Waals surface area contributed by atoms with Gasteiger partial charge in [0.25, 0.3) is 5.91 Å². The Morgan fingerprint density at radius 3 is 2.24 bits per heavy atom. The SMILES string of the molecule is CS(=O)(=O)Nc1ccccc1C(=O)N1CCC(c2ccccc2)CC1. The predicted molar refractivity (Wildman–Crippen MR) is 99.2 cm³/mol. The number of piperidine rings is 1. The minimum absolute atomic E-state index is 0.127. The van der Waals surface area contributed by atoms with E-state index in [0.717, 1.165) is 19.1 Å². The van der Waals surface area contributed by atoms with Gasteiger partial charge < -0.3 is 4.90 Å². The van der Waals surface area contributed by atoms with Crippen LogP contribution in [0.3, 0.4) is 0 Å². The van der Waals surface area contributed by atoms with Crippen molar-refractivity contribution in [3.63, 3.8) is 0 Å². The number of anilines is 1. The van der Waals surface area contributed by atoms with E-state index in [1.54, 1.807) is 24.3 Å². The summed E-state index contributed by atoms with van der Waals surface area (Å²) in [6.07, 6.45) is 2.91. The molecule has 0 atom stereocenters. The molecule has 132 valence electrons. The van der Waals surface area contributed by atoms with E-state index < -0.39 is 10.0 Å². The first kappa shape index (κ1) is 17.5. The molecule has 0 bridgehead atoms. The fourth-order valence-corrected chi connectivity index (χ4v) is 3.85. The quantitative estimate of drug-likeness (QED) is 0.913. The van der Waals surface area contributed by atoms with Crippen LogP contribution >= 0.6 is 0 Å². The highest BCUT2D eigenvalue weighted by molar-refractivity contribution is 7.92. The highest BCUT2D eigenvalue weighted by Crippen LogP contribution is 2.29. The molecule has 6 heteroatoms. The van der Waals surface area contributed by atoms with Crippen molar-refractivity contribution in [2.75, 3.05) is 24.1 Å². The number of hydrogen-bond donors (Lipinski definition) is 1. The topological polar surface area (TPSA) is 66.5 Å². The summed E-state index contributed by atoms with van der Waals surface area (Å²) in [5.74, 6) is 0.341. The van der Waals surface area contributed by atoms with E-state index in [4.69, 9.17) is 0 Å². The zero-order valence-electron chi connectivity index (χ0n) is 14.2. The fourth-order valence-electron chi connectivity index (χ4n) is 3.27. The standard InChI is InChI=1S/C19H22N2O3S/c1-25(23,24)20-18-10-6-5-9-17(18)19(22)21-13-11-16(12-14-21)15-7-3-2-4-8-15/h2-10,16,20H,11-14H2,1H3. The molecular weight excluding hydrogens is 336 g/mol.